The summed E-state index contributed by atoms with van der Waals surface area (Å²) in [4.78, 5) is 14.8. The molecule has 3 aromatic rings. The van der Waals surface area contributed by atoms with Gasteiger partial charge in [-0.15, -0.1) is 0 Å². The van der Waals surface area contributed by atoms with Crippen LogP contribution in [0.3, 0.4) is 0 Å². The molecule has 0 fully saturated rings. The van der Waals surface area contributed by atoms with Crippen molar-refractivity contribution in [1.29, 1.82) is 0 Å². The van der Waals surface area contributed by atoms with Crippen LogP contribution in [0.15, 0.2) is 66.7 Å². The smallest absolute Gasteiger partial charge is 0.322 e. The van der Waals surface area contributed by atoms with Crippen molar-refractivity contribution in [1.82, 2.24) is 4.90 Å². The van der Waals surface area contributed by atoms with Crippen molar-refractivity contribution >= 4 is 34.9 Å². The summed E-state index contributed by atoms with van der Waals surface area (Å²) in [7, 11) is 3.21. The molecule has 0 aliphatic carbocycles. The zero-order chi connectivity index (χ0) is 22.2. The minimum Gasteiger partial charge on any atom is -0.493 e. The summed E-state index contributed by atoms with van der Waals surface area (Å²) in [5.74, 6) is 1.33. The second kappa shape index (κ2) is 10.9. The van der Waals surface area contributed by atoms with E-state index in [0.717, 1.165) is 11.1 Å². The Hall–Kier alpha value is -2.89. The normalized spacial score (nSPS) is 10.5. The topological polar surface area (TPSA) is 50.8 Å². The van der Waals surface area contributed by atoms with Crippen molar-refractivity contribution < 1.29 is 14.3 Å². The first-order chi connectivity index (χ1) is 15.0. The van der Waals surface area contributed by atoms with Gasteiger partial charge in [-0.2, -0.15) is 0 Å². The van der Waals surface area contributed by atoms with Gasteiger partial charge in [0.25, 0.3) is 0 Å². The Bertz CT molecular complexity index is 1010. The van der Waals surface area contributed by atoms with Gasteiger partial charge in [-0.25, -0.2) is 4.79 Å². The third-order valence-corrected chi connectivity index (χ3v) is 5.29. The van der Waals surface area contributed by atoms with Crippen molar-refractivity contribution in [3.05, 3.63) is 87.9 Å². The van der Waals surface area contributed by atoms with Gasteiger partial charge in [0, 0.05) is 28.8 Å². The lowest BCUT2D eigenvalue weighted by Crippen LogP contribution is -2.36. The molecule has 0 bridgehead atoms. The third kappa shape index (κ3) is 6.54. The quantitative estimate of drug-likeness (QED) is 0.431. The molecular formula is C24H24Cl2N2O3. The Labute approximate surface area is 192 Å². The number of carbonyl (C=O) groups is 1. The molecular weight excluding hydrogens is 435 g/mol. The van der Waals surface area contributed by atoms with E-state index in [1.165, 1.54) is 0 Å². The average molecular weight is 459 g/mol. The lowest BCUT2D eigenvalue weighted by molar-refractivity contribution is 0.210. The van der Waals surface area contributed by atoms with E-state index >= 15 is 0 Å². The number of amides is 2. The lowest BCUT2D eigenvalue weighted by atomic mass is 10.1. The molecule has 0 radical (unpaired) electrons. The molecule has 0 saturated heterocycles. The van der Waals surface area contributed by atoms with E-state index in [1.54, 1.807) is 43.4 Å². The fourth-order valence-electron chi connectivity index (χ4n) is 3.10. The van der Waals surface area contributed by atoms with Crippen LogP contribution in [0.1, 0.15) is 11.1 Å². The van der Waals surface area contributed by atoms with E-state index in [9.17, 15) is 4.79 Å². The molecule has 5 nitrogen and oxygen atoms in total. The molecule has 0 unspecified atom stereocenters. The number of urea groups is 1. The minimum absolute atomic E-state index is 0.197. The first-order valence-electron chi connectivity index (χ1n) is 9.75. The number of hydrogen-bond donors (Lipinski definition) is 1. The zero-order valence-corrected chi connectivity index (χ0v) is 18.9. The van der Waals surface area contributed by atoms with Crippen LogP contribution < -0.4 is 14.8 Å². The summed E-state index contributed by atoms with van der Waals surface area (Å²) in [5, 5.41) is 4.21. The highest BCUT2D eigenvalue weighted by atomic mass is 35.5. The number of rotatable bonds is 8. The van der Waals surface area contributed by atoms with Gasteiger partial charge in [-0.3, -0.25) is 0 Å². The number of anilines is 1. The standard InChI is InChI=1S/C24H24Cl2N2O3/c1-30-22-12-5-17(15-23(22)31-2)13-14-28(16-18-3-6-19(25)7-4-18)24(29)27-21-10-8-20(26)9-11-21/h3-12,15H,13-14,16H2,1-2H3,(H,27,29). The Kier molecular flexibility index (Phi) is 8.04. The summed E-state index contributed by atoms with van der Waals surface area (Å²) in [6, 6.07) is 20.1. The molecule has 0 atom stereocenters. The van der Waals surface area contributed by atoms with Crippen LogP contribution in [0, 0.1) is 0 Å². The fraction of sp³-hybridized carbons (Fsp3) is 0.208. The Morgan fingerprint density at radius 2 is 1.42 bits per heavy atom. The fourth-order valence-corrected chi connectivity index (χ4v) is 3.35. The molecule has 0 aliphatic heterocycles. The van der Waals surface area contributed by atoms with E-state index in [0.29, 0.717) is 46.7 Å². The molecule has 3 rings (SSSR count). The second-order valence-corrected chi connectivity index (χ2v) is 7.80. The molecule has 0 heterocycles. The number of benzene rings is 3. The molecule has 0 saturated carbocycles. The third-order valence-electron chi connectivity index (χ3n) is 4.79. The van der Waals surface area contributed by atoms with Crippen LogP contribution in [0.5, 0.6) is 11.5 Å². The number of nitrogens with zero attached hydrogens (tertiary/aromatic N) is 1. The zero-order valence-electron chi connectivity index (χ0n) is 17.4. The molecule has 31 heavy (non-hydrogen) atoms. The first kappa shape index (κ1) is 22.8. The van der Waals surface area contributed by atoms with Crippen molar-refractivity contribution in [3.63, 3.8) is 0 Å². The van der Waals surface area contributed by atoms with Gasteiger partial charge >= 0.3 is 6.03 Å². The number of ether oxygens (including phenoxy) is 2. The molecule has 3 aromatic carbocycles. The highest BCUT2D eigenvalue weighted by molar-refractivity contribution is 6.30. The Morgan fingerprint density at radius 1 is 0.839 bits per heavy atom. The number of nitrogens with one attached hydrogen (secondary N) is 1. The van der Waals surface area contributed by atoms with Gasteiger partial charge in [-0.1, -0.05) is 41.4 Å². The van der Waals surface area contributed by atoms with Crippen LogP contribution in [-0.2, 0) is 13.0 Å². The maximum absolute atomic E-state index is 13.0. The van der Waals surface area contributed by atoms with Gasteiger partial charge in [0.15, 0.2) is 11.5 Å². The number of methoxy groups -OCH3 is 2. The number of hydrogen-bond acceptors (Lipinski definition) is 3. The van der Waals surface area contributed by atoms with Crippen molar-refractivity contribution in [2.24, 2.45) is 0 Å². The van der Waals surface area contributed by atoms with E-state index in [1.807, 2.05) is 42.5 Å². The molecule has 0 aromatic heterocycles. The van der Waals surface area contributed by atoms with Crippen molar-refractivity contribution in [2.75, 3.05) is 26.1 Å². The van der Waals surface area contributed by atoms with E-state index in [2.05, 4.69) is 5.32 Å². The summed E-state index contributed by atoms with van der Waals surface area (Å²) in [6.45, 7) is 0.960. The van der Waals surface area contributed by atoms with Crippen LogP contribution in [-0.4, -0.2) is 31.7 Å². The molecule has 2 amide bonds. The largest absolute Gasteiger partial charge is 0.493 e. The highest BCUT2D eigenvalue weighted by Crippen LogP contribution is 2.28. The van der Waals surface area contributed by atoms with Gasteiger partial charge < -0.3 is 19.7 Å². The molecule has 0 aliphatic rings. The van der Waals surface area contributed by atoms with E-state index < -0.39 is 0 Å². The van der Waals surface area contributed by atoms with Gasteiger partial charge in [0.1, 0.15) is 0 Å². The summed E-state index contributed by atoms with van der Waals surface area (Å²) >= 11 is 11.9. The molecule has 0 spiro atoms. The van der Waals surface area contributed by atoms with Crippen LogP contribution >= 0.6 is 23.2 Å². The molecule has 1 N–H and O–H groups in total. The van der Waals surface area contributed by atoms with E-state index in [4.69, 9.17) is 32.7 Å². The van der Waals surface area contributed by atoms with Gasteiger partial charge in [-0.05, 0) is 66.1 Å². The molecule has 162 valence electrons. The monoisotopic (exact) mass is 458 g/mol. The van der Waals surface area contributed by atoms with Crippen LogP contribution in [0.25, 0.3) is 0 Å². The summed E-state index contributed by atoms with van der Waals surface area (Å²) in [6.07, 6.45) is 0.655. The molecule has 7 heteroatoms. The minimum atomic E-state index is -0.197. The van der Waals surface area contributed by atoms with Crippen LogP contribution in [0.2, 0.25) is 10.0 Å². The highest BCUT2D eigenvalue weighted by Gasteiger charge is 2.15. The summed E-state index contributed by atoms with van der Waals surface area (Å²) < 4.78 is 10.7. The maximum Gasteiger partial charge on any atom is 0.322 e. The SMILES string of the molecule is COc1ccc(CCN(Cc2ccc(Cl)cc2)C(=O)Nc2ccc(Cl)cc2)cc1OC. The Balaban J connectivity index is 1.75. The average Bonchev–Trinajstić information content (AvgIpc) is 2.79. The van der Waals surface area contributed by atoms with E-state index in [-0.39, 0.29) is 6.03 Å². The predicted octanol–water partition coefficient (Wildman–Crippen LogP) is 6.29. The summed E-state index contributed by atoms with van der Waals surface area (Å²) in [5.41, 5.74) is 2.71. The number of carbonyl (C=O) groups excluding carboxylic acids is 1. The van der Waals surface area contributed by atoms with Gasteiger partial charge in [0.05, 0.1) is 14.2 Å². The maximum atomic E-state index is 13.0. The number of halogens is 2. The lowest BCUT2D eigenvalue weighted by Gasteiger charge is -2.24. The Morgan fingerprint density at radius 3 is 2.03 bits per heavy atom. The van der Waals surface area contributed by atoms with Crippen LogP contribution in [0.4, 0.5) is 10.5 Å². The van der Waals surface area contributed by atoms with Crippen molar-refractivity contribution in [3.8, 4) is 11.5 Å². The predicted molar refractivity (Wildman–Crippen MR) is 126 cm³/mol. The first-order valence-corrected chi connectivity index (χ1v) is 10.5. The van der Waals surface area contributed by atoms with Gasteiger partial charge in [0.2, 0.25) is 0 Å². The van der Waals surface area contributed by atoms with Crippen molar-refractivity contribution in [2.45, 2.75) is 13.0 Å². The second-order valence-electron chi connectivity index (χ2n) is 6.92.